The Hall–Kier alpha value is -1.44. The van der Waals surface area contributed by atoms with Crippen LogP contribution in [0.25, 0.3) is 0 Å². The van der Waals surface area contributed by atoms with Crippen LogP contribution in [0.1, 0.15) is 12.8 Å². The maximum absolute atomic E-state index is 10.0. The second-order valence-corrected chi connectivity index (χ2v) is 2.10. The number of nitrogens with one attached hydrogen (secondary N) is 1. The second-order valence-electron chi connectivity index (χ2n) is 2.10. The number of rotatable bonds is 5. The first-order chi connectivity index (χ1) is 5.20. The van der Waals surface area contributed by atoms with Gasteiger partial charge in [0.05, 0.1) is 18.5 Å². The van der Waals surface area contributed by atoms with Crippen molar-refractivity contribution in [2.24, 2.45) is 11.0 Å². The van der Waals surface area contributed by atoms with Crippen molar-refractivity contribution in [3.05, 3.63) is 0 Å². The van der Waals surface area contributed by atoms with E-state index in [0.717, 1.165) is 0 Å². The maximum Gasteiger partial charge on any atom is 0.303 e. The minimum atomic E-state index is -0.921. The van der Waals surface area contributed by atoms with Crippen LogP contribution in [0, 0.1) is 22.8 Å². The lowest BCUT2D eigenvalue weighted by Gasteiger charge is -2.00. The largest absolute Gasteiger partial charge is 0.481 e. The first kappa shape index (κ1) is 9.56. The van der Waals surface area contributed by atoms with E-state index in [1.165, 1.54) is 0 Å². The van der Waals surface area contributed by atoms with E-state index in [-0.39, 0.29) is 19.4 Å². The Morgan fingerprint density at radius 1 is 1.82 bits per heavy atom. The molecule has 60 valence electrons. The Labute approximate surface area is 64.1 Å². The smallest absolute Gasteiger partial charge is 0.303 e. The van der Waals surface area contributed by atoms with Gasteiger partial charge in [-0.25, -0.2) is 5.53 Å². The van der Waals surface area contributed by atoms with E-state index in [1.807, 2.05) is 6.07 Å². The molecule has 1 atom stereocenters. The topological polar surface area (TPSA) is 97.3 Å². The highest BCUT2D eigenvalue weighted by atomic mass is 16.4. The summed E-state index contributed by atoms with van der Waals surface area (Å²) in [6.45, 7) is 0.101. The zero-order chi connectivity index (χ0) is 8.69. The molecule has 5 heteroatoms. The Morgan fingerprint density at radius 3 is 2.82 bits per heavy atom. The molecular weight excluding hydrogens is 146 g/mol. The number of nitrogens with zero attached hydrogens (tertiary/aromatic N) is 2. The van der Waals surface area contributed by atoms with Crippen molar-refractivity contribution in [3.63, 3.8) is 0 Å². The highest BCUT2D eigenvalue weighted by Gasteiger charge is 2.08. The van der Waals surface area contributed by atoms with Gasteiger partial charge in [-0.3, -0.25) is 4.79 Å². The van der Waals surface area contributed by atoms with Crippen LogP contribution in [0.15, 0.2) is 5.11 Å². The van der Waals surface area contributed by atoms with E-state index in [0.29, 0.717) is 0 Å². The van der Waals surface area contributed by atoms with Gasteiger partial charge < -0.3 is 5.11 Å². The molecule has 11 heavy (non-hydrogen) atoms. The van der Waals surface area contributed by atoms with Crippen molar-refractivity contribution in [3.8, 4) is 6.07 Å². The molecule has 0 heterocycles. The van der Waals surface area contributed by atoms with E-state index < -0.39 is 11.9 Å². The molecule has 2 N–H and O–H groups in total. The third-order valence-corrected chi connectivity index (χ3v) is 1.20. The van der Waals surface area contributed by atoms with Crippen molar-refractivity contribution in [1.29, 1.82) is 10.8 Å². The zero-order valence-corrected chi connectivity index (χ0v) is 5.95. The molecule has 0 bridgehead atoms. The summed E-state index contributed by atoms with van der Waals surface area (Å²) in [4.78, 5) is 10.0. The van der Waals surface area contributed by atoms with E-state index in [1.54, 1.807) is 0 Å². The standard InChI is InChI=1S/C6H9N3O2/c7-3-5(4-9-8)1-2-6(10)11/h5,8H,1-2,4H2,(H,10,11). The lowest BCUT2D eigenvalue weighted by atomic mass is 10.1. The second kappa shape index (κ2) is 5.35. The molecule has 0 radical (unpaired) electrons. The molecule has 0 aromatic carbocycles. The molecular formula is C6H9N3O2. The molecule has 0 aliphatic rings. The molecule has 0 aromatic heterocycles. The van der Waals surface area contributed by atoms with Gasteiger partial charge in [-0.2, -0.15) is 10.4 Å². The van der Waals surface area contributed by atoms with Crippen molar-refractivity contribution in [2.75, 3.05) is 6.54 Å². The van der Waals surface area contributed by atoms with E-state index >= 15 is 0 Å². The van der Waals surface area contributed by atoms with E-state index in [4.69, 9.17) is 15.9 Å². The lowest BCUT2D eigenvalue weighted by molar-refractivity contribution is -0.137. The Balaban J connectivity index is 3.62. The number of hydrogen-bond donors (Lipinski definition) is 2. The predicted molar refractivity (Wildman–Crippen MR) is 36.0 cm³/mol. The number of hydrogen-bond acceptors (Lipinski definition) is 4. The van der Waals surface area contributed by atoms with Gasteiger partial charge in [0.1, 0.15) is 0 Å². The summed E-state index contributed by atoms with van der Waals surface area (Å²) in [5.41, 5.74) is 6.45. The summed E-state index contributed by atoms with van der Waals surface area (Å²) in [7, 11) is 0. The zero-order valence-electron chi connectivity index (χ0n) is 5.95. The van der Waals surface area contributed by atoms with Crippen LogP contribution in [0.2, 0.25) is 0 Å². The molecule has 0 saturated heterocycles. The summed E-state index contributed by atoms with van der Waals surface area (Å²) in [5.74, 6) is -1.35. The number of nitriles is 1. The van der Waals surface area contributed by atoms with E-state index in [9.17, 15) is 4.79 Å². The van der Waals surface area contributed by atoms with Gasteiger partial charge in [-0.05, 0) is 6.42 Å². The molecule has 0 spiro atoms. The molecule has 0 aliphatic carbocycles. The van der Waals surface area contributed by atoms with Gasteiger partial charge in [-0.1, -0.05) is 0 Å². The SMILES string of the molecule is N#CC(CCC(=O)O)CN=N. The first-order valence-corrected chi connectivity index (χ1v) is 3.15. The summed E-state index contributed by atoms with van der Waals surface area (Å²) >= 11 is 0. The van der Waals surface area contributed by atoms with Gasteiger partial charge >= 0.3 is 5.97 Å². The number of aliphatic carboxylic acids is 1. The van der Waals surface area contributed by atoms with Gasteiger partial charge in [-0.15, -0.1) is 0 Å². The fourth-order valence-corrected chi connectivity index (χ4v) is 0.605. The van der Waals surface area contributed by atoms with Crippen molar-refractivity contribution in [1.82, 2.24) is 0 Å². The van der Waals surface area contributed by atoms with Crippen LogP contribution in [-0.4, -0.2) is 17.6 Å². The fourth-order valence-electron chi connectivity index (χ4n) is 0.605. The Kier molecular flexibility index (Phi) is 4.65. The Bertz CT molecular complexity index is 185. The molecule has 1 unspecified atom stereocenters. The quantitative estimate of drug-likeness (QED) is 0.580. The van der Waals surface area contributed by atoms with Gasteiger partial charge in [0.25, 0.3) is 0 Å². The van der Waals surface area contributed by atoms with Crippen LogP contribution < -0.4 is 0 Å². The molecule has 0 rings (SSSR count). The first-order valence-electron chi connectivity index (χ1n) is 3.15. The maximum atomic E-state index is 10.0. The fraction of sp³-hybridized carbons (Fsp3) is 0.667. The van der Waals surface area contributed by atoms with E-state index in [2.05, 4.69) is 5.11 Å². The van der Waals surface area contributed by atoms with Crippen molar-refractivity contribution >= 4 is 5.97 Å². The normalized spacial score (nSPS) is 11.5. The lowest BCUT2D eigenvalue weighted by Crippen LogP contribution is -2.05. The summed E-state index contributed by atoms with van der Waals surface area (Å²) in [6, 6.07) is 1.88. The minimum absolute atomic E-state index is 0.0340. The summed E-state index contributed by atoms with van der Waals surface area (Å²) < 4.78 is 0. The molecule has 0 amide bonds. The van der Waals surface area contributed by atoms with Crippen LogP contribution in [0.3, 0.4) is 0 Å². The molecule has 0 fully saturated rings. The molecule has 0 aliphatic heterocycles. The van der Waals surface area contributed by atoms with Crippen LogP contribution in [-0.2, 0) is 4.79 Å². The molecule has 0 saturated carbocycles. The third kappa shape index (κ3) is 5.03. The van der Waals surface area contributed by atoms with Gasteiger partial charge in [0.2, 0.25) is 0 Å². The Morgan fingerprint density at radius 2 is 2.45 bits per heavy atom. The highest BCUT2D eigenvalue weighted by molar-refractivity contribution is 5.66. The van der Waals surface area contributed by atoms with Crippen LogP contribution in [0.5, 0.6) is 0 Å². The minimum Gasteiger partial charge on any atom is -0.481 e. The average Bonchev–Trinajstić information content (AvgIpc) is 1.97. The average molecular weight is 155 g/mol. The summed E-state index contributed by atoms with van der Waals surface area (Å²) in [5, 5.41) is 19.6. The van der Waals surface area contributed by atoms with Crippen LogP contribution in [0.4, 0.5) is 0 Å². The van der Waals surface area contributed by atoms with Crippen molar-refractivity contribution < 1.29 is 9.90 Å². The predicted octanol–water partition coefficient (Wildman–Crippen LogP) is 1.02. The molecule has 5 nitrogen and oxygen atoms in total. The van der Waals surface area contributed by atoms with Crippen LogP contribution >= 0.6 is 0 Å². The summed E-state index contributed by atoms with van der Waals surface area (Å²) in [6.07, 6.45) is 0.238. The number of carboxylic acid groups (broad SMARTS) is 1. The third-order valence-electron chi connectivity index (χ3n) is 1.20. The number of carbonyl (C=O) groups is 1. The highest BCUT2D eigenvalue weighted by Crippen LogP contribution is 2.05. The van der Waals surface area contributed by atoms with Gasteiger partial charge in [0.15, 0.2) is 0 Å². The monoisotopic (exact) mass is 155 g/mol. The van der Waals surface area contributed by atoms with Crippen molar-refractivity contribution in [2.45, 2.75) is 12.8 Å². The van der Waals surface area contributed by atoms with Gasteiger partial charge in [0, 0.05) is 6.42 Å². The number of carboxylic acids is 1. The molecule has 0 aromatic rings.